The van der Waals surface area contributed by atoms with E-state index < -0.39 is 5.82 Å². The van der Waals surface area contributed by atoms with Gasteiger partial charge in [0, 0.05) is 17.7 Å². The van der Waals surface area contributed by atoms with Gasteiger partial charge in [-0.1, -0.05) is 18.2 Å². The Hall–Kier alpha value is -2.17. The summed E-state index contributed by atoms with van der Waals surface area (Å²) in [5.74, 6) is 0.679. The minimum atomic E-state index is -0.391. The molecular formula is C15H15FN2O2. The van der Waals surface area contributed by atoms with E-state index in [0.29, 0.717) is 17.6 Å². The third kappa shape index (κ3) is 2.71. The smallest absolute Gasteiger partial charge is 0.277 e. The van der Waals surface area contributed by atoms with E-state index in [2.05, 4.69) is 22.7 Å². The van der Waals surface area contributed by atoms with Crippen LogP contribution in [0.25, 0.3) is 0 Å². The SMILES string of the molecule is O=C(COc1cccc(F)c1)N/N=C1/C[C@H]2C=CC[C@@H]12. The molecule has 104 valence electrons. The molecule has 0 aliphatic heterocycles. The van der Waals surface area contributed by atoms with Crippen molar-refractivity contribution in [1.82, 2.24) is 5.43 Å². The summed E-state index contributed by atoms with van der Waals surface area (Å²) < 4.78 is 18.1. The van der Waals surface area contributed by atoms with Crippen LogP contribution in [0.4, 0.5) is 4.39 Å². The summed E-state index contributed by atoms with van der Waals surface area (Å²) in [6.07, 6.45) is 6.30. The molecule has 0 aromatic heterocycles. The molecule has 1 fully saturated rings. The van der Waals surface area contributed by atoms with E-state index in [1.165, 1.54) is 18.2 Å². The van der Waals surface area contributed by atoms with Gasteiger partial charge in [-0.2, -0.15) is 5.10 Å². The first-order valence-electron chi connectivity index (χ1n) is 6.63. The first kappa shape index (κ1) is 12.8. The molecule has 20 heavy (non-hydrogen) atoms. The molecule has 4 nitrogen and oxygen atoms in total. The number of nitrogens with zero attached hydrogens (tertiary/aromatic N) is 1. The number of rotatable bonds is 4. The summed E-state index contributed by atoms with van der Waals surface area (Å²) in [4.78, 5) is 11.6. The fraction of sp³-hybridized carbons (Fsp3) is 0.333. The minimum absolute atomic E-state index is 0.174. The Bertz CT molecular complexity index is 583. The number of carbonyl (C=O) groups excluding carboxylic acids is 1. The lowest BCUT2D eigenvalue weighted by Crippen LogP contribution is -2.36. The molecule has 0 radical (unpaired) electrons. The highest BCUT2D eigenvalue weighted by atomic mass is 19.1. The zero-order valence-electron chi connectivity index (χ0n) is 10.9. The molecule has 1 aromatic rings. The number of carbonyl (C=O) groups is 1. The zero-order valence-corrected chi connectivity index (χ0v) is 10.9. The van der Waals surface area contributed by atoms with Crippen molar-refractivity contribution in [2.24, 2.45) is 16.9 Å². The third-order valence-corrected chi connectivity index (χ3v) is 3.65. The van der Waals surface area contributed by atoms with Gasteiger partial charge in [-0.25, -0.2) is 9.82 Å². The summed E-state index contributed by atoms with van der Waals surface area (Å²) in [5.41, 5.74) is 3.53. The normalized spacial score (nSPS) is 25.1. The maximum Gasteiger partial charge on any atom is 0.277 e. The summed E-state index contributed by atoms with van der Waals surface area (Å²) in [5, 5.41) is 4.12. The predicted octanol–water partition coefficient (Wildman–Crippen LogP) is 2.27. The zero-order chi connectivity index (χ0) is 13.9. The fourth-order valence-corrected chi connectivity index (χ4v) is 2.54. The van der Waals surface area contributed by atoms with Gasteiger partial charge in [-0.15, -0.1) is 0 Å². The average Bonchev–Trinajstić information content (AvgIpc) is 2.78. The number of benzene rings is 1. The highest BCUT2D eigenvalue weighted by Crippen LogP contribution is 2.39. The van der Waals surface area contributed by atoms with Gasteiger partial charge < -0.3 is 4.74 Å². The van der Waals surface area contributed by atoms with Crippen molar-refractivity contribution in [3.05, 3.63) is 42.2 Å². The second kappa shape index (κ2) is 5.45. The number of hydrogen-bond donors (Lipinski definition) is 1. The van der Waals surface area contributed by atoms with Crippen molar-refractivity contribution >= 4 is 11.6 Å². The Morgan fingerprint density at radius 2 is 2.40 bits per heavy atom. The molecule has 0 bridgehead atoms. The van der Waals surface area contributed by atoms with E-state index in [1.54, 1.807) is 6.07 Å². The number of fused-ring (bicyclic) bond motifs is 1. The van der Waals surface area contributed by atoms with Crippen LogP contribution >= 0.6 is 0 Å². The third-order valence-electron chi connectivity index (χ3n) is 3.65. The van der Waals surface area contributed by atoms with Crippen LogP contribution in [-0.2, 0) is 4.79 Å². The quantitative estimate of drug-likeness (QED) is 0.676. The first-order chi connectivity index (χ1) is 9.72. The van der Waals surface area contributed by atoms with Gasteiger partial charge in [-0.3, -0.25) is 4.79 Å². The molecule has 1 aromatic carbocycles. The fourth-order valence-electron chi connectivity index (χ4n) is 2.54. The second-order valence-corrected chi connectivity index (χ2v) is 5.02. The van der Waals surface area contributed by atoms with Gasteiger partial charge in [0.25, 0.3) is 5.91 Å². The molecular weight excluding hydrogens is 259 g/mol. The van der Waals surface area contributed by atoms with Gasteiger partial charge in [0.1, 0.15) is 11.6 Å². The summed E-state index contributed by atoms with van der Waals surface area (Å²) in [7, 11) is 0. The van der Waals surface area contributed by atoms with Gasteiger partial charge >= 0.3 is 0 Å². The average molecular weight is 274 g/mol. The Morgan fingerprint density at radius 3 is 3.20 bits per heavy atom. The molecule has 1 saturated carbocycles. The Balaban J connectivity index is 1.45. The molecule has 3 rings (SSSR count). The predicted molar refractivity (Wildman–Crippen MR) is 72.8 cm³/mol. The molecule has 1 amide bonds. The van der Waals surface area contributed by atoms with Crippen LogP contribution in [0.2, 0.25) is 0 Å². The lowest BCUT2D eigenvalue weighted by molar-refractivity contribution is -0.123. The molecule has 2 aliphatic rings. The monoisotopic (exact) mass is 274 g/mol. The number of ether oxygens (including phenoxy) is 1. The van der Waals surface area contributed by atoms with Crippen LogP contribution in [-0.4, -0.2) is 18.2 Å². The number of nitrogens with one attached hydrogen (secondary N) is 1. The summed E-state index contributed by atoms with van der Waals surface area (Å²) in [6, 6.07) is 5.69. The largest absolute Gasteiger partial charge is 0.484 e. The molecule has 2 aliphatic carbocycles. The van der Waals surface area contributed by atoms with E-state index in [4.69, 9.17) is 4.74 Å². The van der Waals surface area contributed by atoms with Crippen LogP contribution < -0.4 is 10.2 Å². The molecule has 1 N–H and O–H groups in total. The molecule has 0 saturated heterocycles. The van der Waals surface area contributed by atoms with E-state index >= 15 is 0 Å². The van der Waals surface area contributed by atoms with Crippen LogP contribution in [0.5, 0.6) is 5.75 Å². The van der Waals surface area contributed by atoms with E-state index in [1.807, 2.05) is 0 Å². The van der Waals surface area contributed by atoms with Crippen molar-refractivity contribution in [3.8, 4) is 5.75 Å². The first-order valence-corrected chi connectivity index (χ1v) is 6.63. The van der Waals surface area contributed by atoms with E-state index in [9.17, 15) is 9.18 Å². The van der Waals surface area contributed by atoms with Gasteiger partial charge in [-0.05, 0) is 30.9 Å². The highest BCUT2D eigenvalue weighted by Gasteiger charge is 2.37. The number of hydrogen-bond acceptors (Lipinski definition) is 3. The standard InChI is InChI=1S/C15H15FN2O2/c16-11-4-2-5-12(8-11)20-9-15(19)18-17-14-7-10-3-1-6-13(10)14/h1-5,8,10,13H,6-7,9H2,(H,18,19)/b17-14-/t10-,13-/m1/s1. The maximum atomic E-state index is 12.9. The number of halogens is 1. The Labute approximate surface area is 116 Å². The van der Waals surface area contributed by atoms with Crippen LogP contribution in [0.3, 0.4) is 0 Å². The lowest BCUT2D eigenvalue weighted by atomic mass is 9.74. The van der Waals surface area contributed by atoms with Crippen molar-refractivity contribution in [1.29, 1.82) is 0 Å². The number of allylic oxidation sites excluding steroid dienone is 2. The van der Waals surface area contributed by atoms with Crippen LogP contribution in [0.1, 0.15) is 12.8 Å². The van der Waals surface area contributed by atoms with Crippen molar-refractivity contribution in [2.45, 2.75) is 12.8 Å². The molecule has 0 heterocycles. The van der Waals surface area contributed by atoms with Crippen molar-refractivity contribution in [3.63, 3.8) is 0 Å². The topological polar surface area (TPSA) is 50.7 Å². The summed E-state index contributed by atoms with van der Waals surface area (Å²) >= 11 is 0. The van der Waals surface area contributed by atoms with E-state index in [0.717, 1.165) is 18.6 Å². The Kier molecular flexibility index (Phi) is 3.50. The Morgan fingerprint density at radius 1 is 1.50 bits per heavy atom. The van der Waals surface area contributed by atoms with Crippen LogP contribution in [0, 0.1) is 17.7 Å². The number of hydrazone groups is 1. The van der Waals surface area contributed by atoms with Crippen molar-refractivity contribution < 1.29 is 13.9 Å². The molecule has 2 atom stereocenters. The maximum absolute atomic E-state index is 12.9. The van der Waals surface area contributed by atoms with E-state index in [-0.39, 0.29) is 12.5 Å². The molecule has 0 unspecified atom stereocenters. The van der Waals surface area contributed by atoms with Gasteiger partial charge in [0.05, 0.1) is 0 Å². The second-order valence-electron chi connectivity index (χ2n) is 5.02. The van der Waals surface area contributed by atoms with Crippen molar-refractivity contribution in [2.75, 3.05) is 6.61 Å². The molecule has 0 spiro atoms. The van der Waals surface area contributed by atoms with Gasteiger partial charge in [0.15, 0.2) is 6.61 Å². The summed E-state index contributed by atoms with van der Waals surface area (Å²) in [6.45, 7) is -0.174. The lowest BCUT2D eigenvalue weighted by Gasteiger charge is -2.31. The minimum Gasteiger partial charge on any atom is -0.484 e. The molecule has 5 heteroatoms. The number of amides is 1. The highest BCUT2D eigenvalue weighted by molar-refractivity contribution is 5.94. The van der Waals surface area contributed by atoms with Gasteiger partial charge in [0.2, 0.25) is 0 Å². The van der Waals surface area contributed by atoms with Crippen LogP contribution in [0.15, 0.2) is 41.5 Å².